The molecule has 0 N–H and O–H groups in total. The van der Waals surface area contributed by atoms with Crippen LogP contribution < -0.4 is 0 Å². The molecule has 1 amide bonds. The summed E-state index contributed by atoms with van der Waals surface area (Å²) in [6.07, 6.45) is 4.70. The van der Waals surface area contributed by atoms with E-state index in [1.54, 1.807) is 0 Å². The van der Waals surface area contributed by atoms with E-state index in [1.165, 1.54) is 19.3 Å². The van der Waals surface area contributed by atoms with Gasteiger partial charge in [-0.15, -0.1) is 0 Å². The van der Waals surface area contributed by atoms with E-state index < -0.39 is 0 Å². The van der Waals surface area contributed by atoms with Crippen molar-refractivity contribution in [3.63, 3.8) is 0 Å². The SMILES string of the molecule is CC(C)(C)C1CCC2CN(C(C)(C)C)C(=O)CC2C1. The maximum absolute atomic E-state index is 12.4. The number of hydrogen-bond donors (Lipinski definition) is 0. The van der Waals surface area contributed by atoms with Gasteiger partial charge in [0.05, 0.1) is 0 Å². The molecule has 1 heterocycles. The Kier molecular flexibility index (Phi) is 3.75. The number of hydrogen-bond acceptors (Lipinski definition) is 1. The Morgan fingerprint density at radius 1 is 1.00 bits per heavy atom. The molecule has 0 aromatic carbocycles. The van der Waals surface area contributed by atoms with Crippen molar-refractivity contribution in [1.82, 2.24) is 4.90 Å². The Morgan fingerprint density at radius 3 is 2.16 bits per heavy atom. The van der Waals surface area contributed by atoms with Crippen LogP contribution in [0.3, 0.4) is 0 Å². The van der Waals surface area contributed by atoms with Crippen molar-refractivity contribution < 1.29 is 4.79 Å². The zero-order valence-corrected chi connectivity index (χ0v) is 13.6. The molecular weight excluding hydrogens is 234 g/mol. The summed E-state index contributed by atoms with van der Waals surface area (Å²) in [6, 6.07) is 0. The molecule has 0 aromatic heterocycles. The summed E-state index contributed by atoms with van der Waals surface area (Å²) in [7, 11) is 0. The Morgan fingerprint density at radius 2 is 1.63 bits per heavy atom. The third-order valence-electron chi connectivity index (χ3n) is 5.33. The highest BCUT2D eigenvalue weighted by Crippen LogP contribution is 2.46. The van der Waals surface area contributed by atoms with Crippen molar-refractivity contribution in [2.24, 2.45) is 23.2 Å². The van der Waals surface area contributed by atoms with Crippen molar-refractivity contribution in [2.45, 2.75) is 72.8 Å². The predicted molar refractivity (Wildman–Crippen MR) is 79.9 cm³/mol. The molecule has 3 atom stereocenters. The monoisotopic (exact) mass is 265 g/mol. The molecule has 2 aliphatic rings. The van der Waals surface area contributed by atoms with E-state index >= 15 is 0 Å². The molecule has 3 unspecified atom stereocenters. The van der Waals surface area contributed by atoms with Gasteiger partial charge in [-0.3, -0.25) is 4.79 Å². The molecule has 110 valence electrons. The van der Waals surface area contributed by atoms with E-state index in [0.717, 1.165) is 24.8 Å². The topological polar surface area (TPSA) is 20.3 Å². The molecule has 2 nitrogen and oxygen atoms in total. The summed E-state index contributed by atoms with van der Waals surface area (Å²) >= 11 is 0. The lowest BCUT2D eigenvalue weighted by molar-refractivity contribution is -0.145. The third-order valence-corrected chi connectivity index (χ3v) is 5.33. The van der Waals surface area contributed by atoms with E-state index in [2.05, 4.69) is 46.4 Å². The van der Waals surface area contributed by atoms with Crippen molar-refractivity contribution in [1.29, 1.82) is 0 Å². The lowest BCUT2D eigenvalue weighted by Gasteiger charge is -2.49. The zero-order valence-electron chi connectivity index (χ0n) is 13.6. The number of amides is 1. The minimum atomic E-state index is -0.0110. The largest absolute Gasteiger partial charge is 0.338 e. The first-order valence-corrected chi connectivity index (χ1v) is 7.89. The van der Waals surface area contributed by atoms with Gasteiger partial charge in [-0.25, -0.2) is 0 Å². The molecule has 2 rings (SSSR count). The van der Waals surface area contributed by atoms with Crippen LogP contribution in [0.15, 0.2) is 0 Å². The number of rotatable bonds is 0. The van der Waals surface area contributed by atoms with Crippen molar-refractivity contribution >= 4 is 5.91 Å². The van der Waals surface area contributed by atoms with Gasteiger partial charge < -0.3 is 4.90 Å². The van der Waals surface area contributed by atoms with Crippen LogP contribution in [0.25, 0.3) is 0 Å². The van der Waals surface area contributed by atoms with E-state index in [4.69, 9.17) is 0 Å². The molecule has 1 aliphatic carbocycles. The fourth-order valence-electron chi connectivity index (χ4n) is 3.92. The molecule has 0 radical (unpaired) electrons. The van der Waals surface area contributed by atoms with Gasteiger partial charge in [0.1, 0.15) is 0 Å². The standard InChI is InChI=1S/C17H31NO/c1-16(2,3)14-8-7-12-11-18(17(4,5)6)15(19)10-13(12)9-14/h12-14H,7-11H2,1-6H3. The number of likely N-dealkylation sites (tertiary alicyclic amines) is 1. The number of piperidine rings is 1. The normalized spacial score (nSPS) is 33.3. The molecule has 2 heteroatoms. The van der Waals surface area contributed by atoms with Gasteiger partial charge in [0, 0.05) is 18.5 Å². The van der Waals surface area contributed by atoms with Crippen LogP contribution in [0.4, 0.5) is 0 Å². The first-order valence-electron chi connectivity index (χ1n) is 7.89. The van der Waals surface area contributed by atoms with E-state index in [-0.39, 0.29) is 5.54 Å². The van der Waals surface area contributed by atoms with Crippen LogP contribution in [-0.4, -0.2) is 22.9 Å². The lowest BCUT2D eigenvalue weighted by atomic mass is 9.63. The van der Waals surface area contributed by atoms with E-state index in [9.17, 15) is 4.79 Å². The molecule has 0 spiro atoms. The number of nitrogens with zero attached hydrogens (tertiary/aromatic N) is 1. The minimum absolute atomic E-state index is 0.0110. The summed E-state index contributed by atoms with van der Waals surface area (Å²) in [5.41, 5.74) is 0.387. The number of carbonyl (C=O) groups excluding carboxylic acids is 1. The molecule has 1 saturated heterocycles. The lowest BCUT2D eigenvalue weighted by Crippen LogP contribution is -2.54. The van der Waals surface area contributed by atoms with Crippen LogP contribution in [0.2, 0.25) is 0 Å². The Labute approximate surface area is 118 Å². The van der Waals surface area contributed by atoms with Crippen molar-refractivity contribution in [3.05, 3.63) is 0 Å². The fourth-order valence-corrected chi connectivity index (χ4v) is 3.92. The first kappa shape index (κ1) is 14.9. The molecule has 1 aliphatic heterocycles. The second kappa shape index (κ2) is 4.79. The average Bonchev–Trinajstić information content (AvgIpc) is 2.24. The summed E-state index contributed by atoms with van der Waals surface area (Å²) < 4.78 is 0. The summed E-state index contributed by atoms with van der Waals surface area (Å²) in [5.74, 6) is 2.56. The molecule has 2 fully saturated rings. The highest BCUT2D eigenvalue weighted by Gasteiger charge is 2.43. The molecular formula is C17H31NO. The number of fused-ring (bicyclic) bond motifs is 1. The van der Waals surface area contributed by atoms with Gasteiger partial charge in [0.2, 0.25) is 5.91 Å². The highest BCUT2D eigenvalue weighted by molar-refractivity contribution is 5.78. The Hall–Kier alpha value is -0.530. The van der Waals surface area contributed by atoms with Crippen molar-refractivity contribution in [3.8, 4) is 0 Å². The first-order chi connectivity index (χ1) is 8.59. The van der Waals surface area contributed by atoms with Gasteiger partial charge in [0.25, 0.3) is 0 Å². The molecule has 0 bridgehead atoms. The quantitative estimate of drug-likeness (QED) is 0.646. The van der Waals surface area contributed by atoms with Crippen LogP contribution in [-0.2, 0) is 4.79 Å². The molecule has 1 saturated carbocycles. The number of carbonyl (C=O) groups is 1. The van der Waals surface area contributed by atoms with E-state index in [0.29, 0.717) is 17.2 Å². The minimum Gasteiger partial charge on any atom is -0.338 e. The van der Waals surface area contributed by atoms with Crippen LogP contribution in [0, 0.1) is 23.2 Å². The zero-order chi connectivity index (χ0) is 14.4. The van der Waals surface area contributed by atoms with Gasteiger partial charge in [-0.05, 0) is 63.2 Å². The van der Waals surface area contributed by atoms with Crippen LogP contribution >= 0.6 is 0 Å². The third kappa shape index (κ3) is 3.14. The smallest absolute Gasteiger partial charge is 0.223 e. The Balaban J connectivity index is 2.06. The highest BCUT2D eigenvalue weighted by atomic mass is 16.2. The Bertz CT molecular complexity index is 347. The van der Waals surface area contributed by atoms with Crippen LogP contribution in [0.1, 0.15) is 67.2 Å². The molecule has 19 heavy (non-hydrogen) atoms. The second-order valence-corrected chi connectivity index (χ2v) is 8.78. The summed E-state index contributed by atoms with van der Waals surface area (Å²) in [4.78, 5) is 14.5. The second-order valence-electron chi connectivity index (χ2n) is 8.78. The van der Waals surface area contributed by atoms with E-state index in [1.807, 2.05) is 0 Å². The van der Waals surface area contributed by atoms with Gasteiger partial charge in [0.15, 0.2) is 0 Å². The maximum atomic E-state index is 12.4. The van der Waals surface area contributed by atoms with Gasteiger partial charge in [-0.2, -0.15) is 0 Å². The summed E-state index contributed by atoms with van der Waals surface area (Å²) in [5, 5.41) is 0. The van der Waals surface area contributed by atoms with Crippen molar-refractivity contribution in [2.75, 3.05) is 6.54 Å². The fraction of sp³-hybridized carbons (Fsp3) is 0.941. The maximum Gasteiger partial charge on any atom is 0.223 e. The van der Waals surface area contributed by atoms with Gasteiger partial charge in [-0.1, -0.05) is 20.8 Å². The predicted octanol–water partition coefficient (Wildman–Crippen LogP) is 4.10. The average molecular weight is 265 g/mol. The van der Waals surface area contributed by atoms with Crippen LogP contribution in [0.5, 0.6) is 0 Å². The summed E-state index contributed by atoms with van der Waals surface area (Å²) in [6.45, 7) is 14.5. The molecule has 0 aromatic rings. The van der Waals surface area contributed by atoms with Gasteiger partial charge >= 0.3 is 0 Å².